The minimum Gasteiger partial charge on any atom is -0.426 e. The molecule has 0 heterocycles. The van der Waals surface area contributed by atoms with Gasteiger partial charge >= 0.3 is 0 Å². The lowest BCUT2D eigenvalue weighted by Crippen LogP contribution is -2.15. The molecule has 1 rings (SSSR count). The van der Waals surface area contributed by atoms with Crippen molar-refractivity contribution in [2.75, 3.05) is 20.0 Å². The number of rotatable bonds is 2. The van der Waals surface area contributed by atoms with Gasteiger partial charge in [0.25, 0.3) is 6.47 Å². The number of carbonyl (C=O) groups is 1. The molecule has 4 nitrogen and oxygen atoms in total. The fourth-order valence-corrected chi connectivity index (χ4v) is 1.35. The summed E-state index contributed by atoms with van der Waals surface area (Å²) in [6, 6.07) is 2.46. The highest BCUT2D eigenvalue weighted by molar-refractivity contribution is 5.63. The molecule has 0 saturated carbocycles. The summed E-state index contributed by atoms with van der Waals surface area (Å²) in [5, 5.41) is 0. The Bertz CT molecular complexity index is 400. The van der Waals surface area contributed by atoms with E-state index in [1.54, 1.807) is 14.2 Å². The van der Waals surface area contributed by atoms with Crippen LogP contribution in [0.1, 0.15) is 26.3 Å². The Morgan fingerprint density at radius 3 is 2.17 bits per heavy atom. The zero-order chi connectivity index (χ0) is 14.3. The Balaban J connectivity index is 0.000000873. The van der Waals surface area contributed by atoms with Crippen LogP contribution in [0.4, 0.5) is 10.1 Å². The topological polar surface area (TPSA) is 61.5 Å². The smallest absolute Gasteiger partial charge is 0.298 e. The molecule has 0 unspecified atom stereocenters. The summed E-state index contributed by atoms with van der Waals surface area (Å²) < 4.78 is 22.2. The van der Waals surface area contributed by atoms with Crippen LogP contribution in [0.15, 0.2) is 12.1 Å². The number of hydrogen-bond donors (Lipinski definition) is 1. The highest BCUT2D eigenvalue weighted by atomic mass is 19.1. The minimum atomic E-state index is -0.435. The van der Waals surface area contributed by atoms with Crippen LogP contribution in [-0.4, -0.2) is 20.7 Å². The predicted octanol–water partition coefficient (Wildman–Crippen LogP) is 2.50. The monoisotopic (exact) mass is 257 g/mol. The third kappa shape index (κ3) is 4.71. The van der Waals surface area contributed by atoms with Crippen LogP contribution in [0.25, 0.3) is 0 Å². The first-order valence-corrected chi connectivity index (χ1v) is 5.37. The van der Waals surface area contributed by atoms with E-state index in [4.69, 9.17) is 10.5 Å². The summed E-state index contributed by atoms with van der Waals surface area (Å²) in [5.74, 6) is -0.199. The Morgan fingerprint density at radius 1 is 1.28 bits per heavy atom. The number of benzene rings is 1. The van der Waals surface area contributed by atoms with Crippen molar-refractivity contribution in [2.45, 2.75) is 26.2 Å². The van der Waals surface area contributed by atoms with Crippen molar-refractivity contribution < 1.29 is 18.7 Å². The van der Waals surface area contributed by atoms with Crippen LogP contribution in [0.5, 0.6) is 5.75 Å². The third-order valence-electron chi connectivity index (χ3n) is 2.06. The van der Waals surface area contributed by atoms with Crippen LogP contribution in [0, 0.1) is 5.82 Å². The van der Waals surface area contributed by atoms with Crippen LogP contribution < -0.4 is 10.5 Å². The highest BCUT2D eigenvalue weighted by Gasteiger charge is 2.22. The van der Waals surface area contributed by atoms with Gasteiger partial charge in [-0.2, -0.15) is 0 Å². The van der Waals surface area contributed by atoms with Crippen LogP contribution >= 0.6 is 0 Å². The molecule has 0 bridgehead atoms. The molecule has 0 radical (unpaired) electrons. The van der Waals surface area contributed by atoms with E-state index in [2.05, 4.69) is 4.74 Å². The van der Waals surface area contributed by atoms with Crippen molar-refractivity contribution in [3.63, 3.8) is 0 Å². The summed E-state index contributed by atoms with van der Waals surface area (Å²) >= 11 is 0. The molecule has 0 aliphatic heterocycles. The van der Waals surface area contributed by atoms with Crippen molar-refractivity contribution in [3.8, 4) is 5.75 Å². The molecule has 0 atom stereocenters. The Hall–Kier alpha value is -1.62. The van der Waals surface area contributed by atoms with Crippen LogP contribution in [-0.2, 0) is 14.9 Å². The summed E-state index contributed by atoms with van der Waals surface area (Å²) in [6.45, 7) is 5.95. The van der Waals surface area contributed by atoms with E-state index in [9.17, 15) is 9.18 Å². The second-order valence-electron chi connectivity index (χ2n) is 4.74. The van der Waals surface area contributed by atoms with Gasteiger partial charge in [-0.15, -0.1) is 0 Å². The summed E-state index contributed by atoms with van der Waals surface area (Å²) in [5.41, 5.74) is 5.95. The van der Waals surface area contributed by atoms with Gasteiger partial charge in [-0.1, -0.05) is 20.8 Å². The van der Waals surface area contributed by atoms with E-state index >= 15 is 0 Å². The predicted molar refractivity (Wildman–Crippen MR) is 69.1 cm³/mol. The third-order valence-corrected chi connectivity index (χ3v) is 2.06. The number of halogens is 1. The Morgan fingerprint density at radius 2 is 1.78 bits per heavy atom. The molecule has 2 N–H and O–H groups in total. The summed E-state index contributed by atoms with van der Waals surface area (Å²) in [6.07, 6.45) is 0. The number of nitrogens with two attached hydrogens (primary N) is 1. The first kappa shape index (κ1) is 16.4. The fraction of sp³-hybridized carbons (Fsp3) is 0.462. The molecule has 0 saturated heterocycles. The number of anilines is 1. The number of carbonyl (C=O) groups excluding carboxylic acids is 1. The zero-order valence-electron chi connectivity index (χ0n) is 11.4. The van der Waals surface area contributed by atoms with Gasteiger partial charge in [-0.25, -0.2) is 4.39 Å². The molecule has 5 heteroatoms. The lowest BCUT2D eigenvalue weighted by atomic mass is 9.86. The maximum atomic E-state index is 13.2. The Labute approximate surface area is 107 Å². The quantitative estimate of drug-likeness (QED) is 0.653. The van der Waals surface area contributed by atoms with Gasteiger partial charge in [0.15, 0.2) is 5.75 Å². The molecule has 0 aliphatic carbocycles. The number of hydrogen-bond acceptors (Lipinski definition) is 4. The summed E-state index contributed by atoms with van der Waals surface area (Å²) in [7, 11) is 3.25. The first-order chi connectivity index (χ1) is 8.27. The van der Waals surface area contributed by atoms with Crippen molar-refractivity contribution in [1.82, 2.24) is 0 Å². The van der Waals surface area contributed by atoms with Crippen molar-refractivity contribution in [2.24, 2.45) is 0 Å². The van der Waals surface area contributed by atoms with E-state index in [1.807, 2.05) is 20.8 Å². The minimum absolute atomic E-state index is 0.132. The molecule has 0 aromatic heterocycles. The van der Waals surface area contributed by atoms with Gasteiger partial charge in [0, 0.05) is 25.8 Å². The molecule has 1 aromatic carbocycles. The average Bonchev–Trinajstić information content (AvgIpc) is 2.21. The maximum absolute atomic E-state index is 13.2. The van der Waals surface area contributed by atoms with E-state index in [-0.39, 0.29) is 16.9 Å². The number of methoxy groups -OCH3 is 1. The molecule has 0 spiro atoms. The second-order valence-corrected chi connectivity index (χ2v) is 4.74. The van der Waals surface area contributed by atoms with Gasteiger partial charge in [0.1, 0.15) is 5.82 Å². The SMILES string of the molecule is CC(C)(C)c1cc(F)cc(N)c1OC=O.COC. The largest absolute Gasteiger partial charge is 0.426 e. The molecule has 0 amide bonds. The van der Waals surface area contributed by atoms with Crippen LogP contribution in [0.3, 0.4) is 0 Å². The van der Waals surface area contributed by atoms with Crippen molar-refractivity contribution >= 4 is 12.2 Å². The van der Waals surface area contributed by atoms with Gasteiger partial charge in [-0.05, 0) is 11.5 Å². The molecule has 1 aromatic rings. The van der Waals surface area contributed by atoms with Crippen molar-refractivity contribution in [3.05, 3.63) is 23.5 Å². The number of nitrogen functional groups attached to an aromatic ring is 1. The molecule has 0 aliphatic rings. The first-order valence-electron chi connectivity index (χ1n) is 5.37. The van der Waals surface area contributed by atoms with Gasteiger partial charge in [-0.3, -0.25) is 4.79 Å². The fourth-order valence-electron chi connectivity index (χ4n) is 1.35. The molecule has 0 fully saturated rings. The Kier molecular flexibility index (Phi) is 6.33. The lowest BCUT2D eigenvalue weighted by Gasteiger charge is -2.22. The van der Waals surface area contributed by atoms with E-state index in [0.717, 1.165) is 6.07 Å². The van der Waals surface area contributed by atoms with Crippen molar-refractivity contribution in [1.29, 1.82) is 0 Å². The standard InChI is InChI=1S/C11H14FNO2.C2H6O/c1-11(2,3)8-4-7(12)5-9(13)10(8)15-6-14;1-3-2/h4-6H,13H2,1-3H3;1-2H3. The molecular weight excluding hydrogens is 237 g/mol. The molecular formula is C13H20FNO3. The van der Waals surface area contributed by atoms with Crippen LogP contribution in [0.2, 0.25) is 0 Å². The maximum Gasteiger partial charge on any atom is 0.298 e. The molecule has 18 heavy (non-hydrogen) atoms. The average molecular weight is 257 g/mol. The highest BCUT2D eigenvalue weighted by Crippen LogP contribution is 2.36. The van der Waals surface area contributed by atoms with E-state index in [1.165, 1.54) is 6.07 Å². The lowest BCUT2D eigenvalue weighted by molar-refractivity contribution is -0.120. The number of ether oxygens (including phenoxy) is 2. The second kappa shape index (κ2) is 6.96. The zero-order valence-corrected chi connectivity index (χ0v) is 11.4. The molecule has 102 valence electrons. The van der Waals surface area contributed by atoms with Gasteiger partial charge < -0.3 is 15.2 Å². The van der Waals surface area contributed by atoms with Gasteiger partial charge in [0.05, 0.1) is 5.69 Å². The van der Waals surface area contributed by atoms with Gasteiger partial charge in [0.2, 0.25) is 0 Å². The van der Waals surface area contributed by atoms with E-state index < -0.39 is 5.82 Å². The normalized spacial score (nSPS) is 10.3. The van der Waals surface area contributed by atoms with E-state index in [0.29, 0.717) is 12.0 Å². The summed E-state index contributed by atoms with van der Waals surface area (Å²) in [4.78, 5) is 10.3.